The number of ether oxygens (including phenoxy) is 1. The predicted molar refractivity (Wildman–Crippen MR) is 66.2 cm³/mol. The maximum Gasteiger partial charge on any atom is 0.129 e. The molecule has 0 aliphatic heterocycles. The summed E-state index contributed by atoms with van der Waals surface area (Å²) < 4.78 is 11.1. The van der Waals surface area contributed by atoms with Gasteiger partial charge in [0.15, 0.2) is 0 Å². The standard InChI is InChI=1S/C14H17NO2/c1-11(13-5-3-2-4-6-13)16-10-14-7-12(8-15)9-17-14/h2-7,9,11H,8,10,15H2,1H3. The van der Waals surface area contributed by atoms with Crippen LogP contribution in [0.4, 0.5) is 0 Å². The van der Waals surface area contributed by atoms with E-state index >= 15 is 0 Å². The van der Waals surface area contributed by atoms with E-state index in [0.29, 0.717) is 13.2 Å². The van der Waals surface area contributed by atoms with E-state index in [1.807, 2.05) is 31.2 Å². The Morgan fingerprint density at radius 2 is 2.06 bits per heavy atom. The molecule has 0 saturated carbocycles. The molecule has 2 aromatic rings. The van der Waals surface area contributed by atoms with Crippen LogP contribution in [0, 0.1) is 0 Å². The minimum absolute atomic E-state index is 0.0580. The fourth-order valence-electron chi connectivity index (χ4n) is 1.64. The number of furan rings is 1. The smallest absolute Gasteiger partial charge is 0.129 e. The summed E-state index contributed by atoms with van der Waals surface area (Å²) in [6.45, 7) is 3.00. The molecule has 0 aliphatic rings. The Labute approximate surface area is 101 Å². The van der Waals surface area contributed by atoms with Crippen molar-refractivity contribution < 1.29 is 9.15 Å². The van der Waals surface area contributed by atoms with Gasteiger partial charge in [0, 0.05) is 12.1 Å². The summed E-state index contributed by atoms with van der Waals surface area (Å²) in [5.41, 5.74) is 7.67. The Bertz CT molecular complexity index is 450. The van der Waals surface area contributed by atoms with E-state index in [9.17, 15) is 0 Å². The topological polar surface area (TPSA) is 48.4 Å². The normalized spacial score (nSPS) is 12.6. The van der Waals surface area contributed by atoms with Gasteiger partial charge < -0.3 is 14.9 Å². The molecule has 3 nitrogen and oxygen atoms in total. The Hall–Kier alpha value is -1.58. The minimum Gasteiger partial charge on any atom is -0.467 e. The zero-order chi connectivity index (χ0) is 12.1. The molecule has 0 radical (unpaired) electrons. The highest BCUT2D eigenvalue weighted by atomic mass is 16.5. The van der Waals surface area contributed by atoms with Crippen molar-refractivity contribution in [3.63, 3.8) is 0 Å². The second-order valence-corrected chi connectivity index (χ2v) is 3.99. The lowest BCUT2D eigenvalue weighted by Gasteiger charge is -2.11. The van der Waals surface area contributed by atoms with Crippen molar-refractivity contribution in [2.75, 3.05) is 0 Å². The first kappa shape index (κ1) is 11.9. The first-order chi connectivity index (χ1) is 8.29. The second kappa shape index (κ2) is 5.66. The molecule has 90 valence electrons. The van der Waals surface area contributed by atoms with Gasteiger partial charge in [-0.25, -0.2) is 0 Å². The summed E-state index contributed by atoms with van der Waals surface area (Å²) in [4.78, 5) is 0. The quantitative estimate of drug-likeness (QED) is 0.860. The van der Waals surface area contributed by atoms with Gasteiger partial charge in [0.05, 0.1) is 12.4 Å². The van der Waals surface area contributed by atoms with Crippen LogP contribution in [0.2, 0.25) is 0 Å². The van der Waals surface area contributed by atoms with Crippen LogP contribution in [-0.4, -0.2) is 0 Å². The van der Waals surface area contributed by atoms with Crippen molar-refractivity contribution in [2.24, 2.45) is 5.73 Å². The van der Waals surface area contributed by atoms with Crippen LogP contribution in [0.25, 0.3) is 0 Å². The monoisotopic (exact) mass is 231 g/mol. The van der Waals surface area contributed by atoms with Crippen LogP contribution in [0.3, 0.4) is 0 Å². The molecule has 1 unspecified atom stereocenters. The molecule has 1 aromatic carbocycles. The Morgan fingerprint density at radius 3 is 2.71 bits per heavy atom. The van der Waals surface area contributed by atoms with Crippen molar-refractivity contribution in [3.8, 4) is 0 Å². The van der Waals surface area contributed by atoms with Gasteiger partial charge in [-0.05, 0) is 18.6 Å². The molecule has 3 heteroatoms. The summed E-state index contributed by atoms with van der Waals surface area (Å²) >= 11 is 0. The van der Waals surface area contributed by atoms with Crippen molar-refractivity contribution in [1.29, 1.82) is 0 Å². The molecule has 0 fully saturated rings. The van der Waals surface area contributed by atoms with Crippen LogP contribution in [0.15, 0.2) is 47.1 Å². The summed E-state index contributed by atoms with van der Waals surface area (Å²) in [5, 5.41) is 0. The average molecular weight is 231 g/mol. The van der Waals surface area contributed by atoms with Gasteiger partial charge in [-0.1, -0.05) is 30.3 Å². The van der Waals surface area contributed by atoms with Gasteiger partial charge >= 0.3 is 0 Å². The van der Waals surface area contributed by atoms with Gasteiger partial charge in [-0.15, -0.1) is 0 Å². The van der Waals surface area contributed by atoms with Crippen molar-refractivity contribution in [3.05, 3.63) is 59.5 Å². The molecule has 1 heterocycles. The van der Waals surface area contributed by atoms with Crippen LogP contribution >= 0.6 is 0 Å². The highest BCUT2D eigenvalue weighted by Crippen LogP contribution is 2.18. The number of benzene rings is 1. The van der Waals surface area contributed by atoms with Crippen molar-refractivity contribution in [2.45, 2.75) is 26.2 Å². The van der Waals surface area contributed by atoms with Crippen LogP contribution in [-0.2, 0) is 17.9 Å². The molecular formula is C14H17NO2. The highest BCUT2D eigenvalue weighted by molar-refractivity contribution is 5.17. The molecule has 17 heavy (non-hydrogen) atoms. The predicted octanol–water partition coefficient (Wildman–Crippen LogP) is 3.02. The SMILES string of the molecule is CC(OCc1cc(CN)co1)c1ccccc1. The first-order valence-electron chi connectivity index (χ1n) is 5.72. The molecule has 1 aromatic heterocycles. The van der Waals surface area contributed by atoms with Gasteiger partial charge in [-0.3, -0.25) is 0 Å². The van der Waals surface area contributed by atoms with Crippen LogP contribution < -0.4 is 5.73 Å². The van der Waals surface area contributed by atoms with Gasteiger partial charge in [-0.2, -0.15) is 0 Å². The molecule has 1 atom stereocenters. The van der Waals surface area contributed by atoms with Crippen molar-refractivity contribution in [1.82, 2.24) is 0 Å². The summed E-state index contributed by atoms with van der Waals surface area (Å²) in [5.74, 6) is 0.813. The maximum absolute atomic E-state index is 5.74. The molecule has 2 rings (SSSR count). The Morgan fingerprint density at radius 1 is 1.29 bits per heavy atom. The number of rotatable bonds is 5. The third-order valence-corrected chi connectivity index (χ3v) is 2.69. The third kappa shape index (κ3) is 3.19. The molecule has 0 spiro atoms. The highest BCUT2D eigenvalue weighted by Gasteiger charge is 2.07. The van der Waals surface area contributed by atoms with E-state index in [0.717, 1.165) is 16.9 Å². The summed E-state index contributed by atoms with van der Waals surface area (Å²) in [6.07, 6.45) is 1.73. The lowest BCUT2D eigenvalue weighted by molar-refractivity contribution is 0.0420. The third-order valence-electron chi connectivity index (χ3n) is 2.69. The van der Waals surface area contributed by atoms with Crippen LogP contribution in [0.1, 0.15) is 29.9 Å². The maximum atomic E-state index is 5.74. The first-order valence-corrected chi connectivity index (χ1v) is 5.72. The zero-order valence-electron chi connectivity index (χ0n) is 9.93. The Kier molecular flexibility index (Phi) is 3.96. The molecule has 0 aliphatic carbocycles. The van der Waals surface area contributed by atoms with Crippen LogP contribution in [0.5, 0.6) is 0 Å². The Balaban J connectivity index is 1.90. The summed E-state index contributed by atoms with van der Waals surface area (Å²) in [7, 11) is 0. The average Bonchev–Trinajstić information content (AvgIpc) is 2.85. The summed E-state index contributed by atoms with van der Waals surface area (Å²) in [6, 6.07) is 12.0. The van der Waals surface area contributed by atoms with E-state index in [1.54, 1.807) is 6.26 Å². The molecule has 2 N–H and O–H groups in total. The number of nitrogens with two attached hydrogens (primary N) is 1. The largest absolute Gasteiger partial charge is 0.467 e. The second-order valence-electron chi connectivity index (χ2n) is 3.99. The van der Waals surface area contributed by atoms with E-state index in [1.165, 1.54) is 0 Å². The van der Waals surface area contributed by atoms with Gasteiger partial charge in [0.25, 0.3) is 0 Å². The minimum atomic E-state index is 0.0580. The number of hydrogen-bond donors (Lipinski definition) is 1. The molecule has 0 amide bonds. The van der Waals surface area contributed by atoms with E-state index in [2.05, 4.69) is 12.1 Å². The van der Waals surface area contributed by atoms with E-state index in [-0.39, 0.29) is 6.10 Å². The lowest BCUT2D eigenvalue weighted by atomic mass is 10.1. The van der Waals surface area contributed by atoms with E-state index in [4.69, 9.17) is 14.9 Å². The molecular weight excluding hydrogens is 214 g/mol. The van der Waals surface area contributed by atoms with Crippen molar-refractivity contribution >= 4 is 0 Å². The molecule has 0 saturated heterocycles. The lowest BCUT2D eigenvalue weighted by Crippen LogP contribution is -1.99. The number of hydrogen-bond acceptors (Lipinski definition) is 3. The fraction of sp³-hybridized carbons (Fsp3) is 0.286. The van der Waals surface area contributed by atoms with Gasteiger partial charge in [0.1, 0.15) is 12.4 Å². The molecule has 0 bridgehead atoms. The van der Waals surface area contributed by atoms with Gasteiger partial charge in [0.2, 0.25) is 0 Å². The fourth-order valence-corrected chi connectivity index (χ4v) is 1.64. The van der Waals surface area contributed by atoms with E-state index < -0.39 is 0 Å². The zero-order valence-corrected chi connectivity index (χ0v) is 9.93.